The van der Waals surface area contributed by atoms with Crippen molar-refractivity contribution in [2.45, 2.75) is 32.4 Å². The van der Waals surface area contributed by atoms with E-state index in [-0.39, 0.29) is 17.8 Å². The van der Waals surface area contributed by atoms with Gasteiger partial charge in [-0.05, 0) is 31.0 Å². The van der Waals surface area contributed by atoms with E-state index in [9.17, 15) is 9.18 Å². The maximum absolute atomic E-state index is 13.5. The summed E-state index contributed by atoms with van der Waals surface area (Å²) in [5, 5.41) is 2.96. The molecule has 2 aromatic rings. The number of nitrogens with zero attached hydrogens (tertiary/aromatic N) is 2. The van der Waals surface area contributed by atoms with E-state index in [1.165, 1.54) is 6.07 Å². The van der Waals surface area contributed by atoms with Crippen LogP contribution in [-0.2, 0) is 13.0 Å². The van der Waals surface area contributed by atoms with Crippen molar-refractivity contribution in [3.8, 4) is 0 Å². The van der Waals surface area contributed by atoms with Gasteiger partial charge in [0.2, 0.25) is 0 Å². The predicted molar refractivity (Wildman–Crippen MR) is 72.9 cm³/mol. The Morgan fingerprint density at radius 2 is 2.35 bits per heavy atom. The monoisotopic (exact) mass is 273 g/mol. The third kappa shape index (κ3) is 2.43. The van der Waals surface area contributed by atoms with Gasteiger partial charge in [-0.1, -0.05) is 6.07 Å². The summed E-state index contributed by atoms with van der Waals surface area (Å²) in [5.41, 5.74) is 0.909. The third-order valence-electron chi connectivity index (χ3n) is 3.70. The van der Waals surface area contributed by atoms with Crippen LogP contribution in [-0.4, -0.2) is 21.5 Å². The maximum atomic E-state index is 13.5. The number of benzene rings is 1. The molecule has 20 heavy (non-hydrogen) atoms. The highest BCUT2D eigenvalue weighted by molar-refractivity contribution is 5.94. The van der Waals surface area contributed by atoms with Crippen LogP contribution >= 0.6 is 0 Å². The zero-order chi connectivity index (χ0) is 14.1. The summed E-state index contributed by atoms with van der Waals surface area (Å²) in [4.78, 5) is 16.4. The second kappa shape index (κ2) is 5.07. The molecule has 1 aliphatic heterocycles. The molecule has 0 spiro atoms. The quantitative estimate of drug-likeness (QED) is 0.910. The Labute approximate surface area is 116 Å². The van der Waals surface area contributed by atoms with E-state index in [4.69, 9.17) is 0 Å². The number of fused-ring (bicyclic) bond motifs is 1. The SMILES string of the molecule is Cc1ccc(C(=O)N[C@@H]2CCc3nccn3C2)cc1F. The van der Waals surface area contributed by atoms with Crippen molar-refractivity contribution < 1.29 is 9.18 Å². The predicted octanol–water partition coefficient (Wildman–Crippen LogP) is 2.08. The summed E-state index contributed by atoms with van der Waals surface area (Å²) >= 11 is 0. The van der Waals surface area contributed by atoms with E-state index in [0.717, 1.165) is 25.2 Å². The van der Waals surface area contributed by atoms with Crippen LogP contribution in [0.25, 0.3) is 0 Å². The fourth-order valence-corrected chi connectivity index (χ4v) is 2.49. The number of aryl methyl sites for hydroxylation is 2. The van der Waals surface area contributed by atoms with Crippen molar-refractivity contribution in [2.24, 2.45) is 0 Å². The highest BCUT2D eigenvalue weighted by atomic mass is 19.1. The van der Waals surface area contributed by atoms with Crippen molar-refractivity contribution in [3.63, 3.8) is 0 Å². The topological polar surface area (TPSA) is 46.9 Å². The lowest BCUT2D eigenvalue weighted by Crippen LogP contribution is -2.40. The van der Waals surface area contributed by atoms with E-state index in [1.54, 1.807) is 25.3 Å². The Hall–Kier alpha value is -2.17. The Kier molecular flexibility index (Phi) is 3.26. The zero-order valence-corrected chi connectivity index (χ0v) is 11.3. The molecule has 1 aromatic heterocycles. The number of hydrogen-bond donors (Lipinski definition) is 1. The van der Waals surface area contributed by atoms with Crippen LogP contribution in [0.4, 0.5) is 4.39 Å². The van der Waals surface area contributed by atoms with Gasteiger partial charge in [0.25, 0.3) is 5.91 Å². The highest BCUT2D eigenvalue weighted by Gasteiger charge is 2.21. The lowest BCUT2D eigenvalue weighted by atomic mass is 10.1. The minimum atomic E-state index is -0.349. The molecule has 1 amide bonds. The molecule has 3 rings (SSSR count). The fraction of sp³-hybridized carbons (Fsp3) is 0.333. The molecule has 0 unspecified atom stereocenters. The number of rotatable bonds is 2. The minimum Gasteiger partial charge on any atom is -0.347 e. The van der Waals surface area contributed by atoms with E-state index in [0.29, 0.717) is 11.1 Å². The molecule has 0 fully saturated rings. The largest absolute Gasteiger partial charge is 0.347 e. The number of aromatic nitrogens is 2. The summed E-state index contributed by atoms with van der Waals surface area (Å²) < 4.78 is 15.5. The van der Waals surface area contributed by atoms with E-state index < -0.39 is 0 Å². The zero-order valence-electron chi connectivity index (χ0n) is 11.3. The van der Waals surface area contributed by atoms with Gasteiger partial charge in [0.15, 0.2) is 0 Å². The average Bonchev–Trinajstić information content (AvgIpc) is 2.89. The van der Waals surface area contributed by atoms with Crippen LogP contribution in [0.3, 0.4) is 0 Å². The molecule has 0 saturated heterocycles. The van der Waals surface area contributed by atoms with Gasteiger partial charge in [-0.15, -0.1) is 0 Å². The number of halogens is 1. The van der Waals surface area contributed by atoms with Crippen LogP contribution in [0, 0.1) is 12.7 Å². The molecule has 0 aliphatic carbocycles. The van der Waals surface area contributed by atoms with Crippen LogP contribution in [0.1, 0.15) is 28.2 Å². The smallest absolute Gasteiger partial charge is 0.251 e. The van der Waals surface area contributed by atoms with Gasteiger partial charge < -0.3 is 9.88 Å². The number of carbonyl (C=O) groups is 1. The molecule has 0 bridgehead atoms. The molecule has 1 atom stereocenters. The standard InChI is InChI=1S/C15H16FN3O/c1-10-2-3-11(8-13(10)16)15(20)18-12-4-5-14-17-6-7-19(14)9-12/h2-3,6-8,12H,4-5,9H2,1H3,(H,18,20)/t12-/m1/s1. The third-order valence-corrected chi connectivity index (χ3v) is 3.70. The van der Waals surface area contributed by atoms with Crippen LogP contribution in [0.5, 0.6) is 0 Å². The van der Waals surface area contributed by atoms with E-state index in [1.807, 2.05) is 10.8 Å². The van der Waals surface area contributed by atoms with E-state index in [2.05, 4.69) is 10.3 Å². The van der Waals surface area contributed by atoms with E-state index >= 15 is 0 Å². The van der Waals surface area contributed by atoms with Crippen molar-refractivity contribution in [1.29, 1.82) is 0 Å². The second-order valence-corrected chi connectivity index (χ2v) is 5.17. The Morgan fingerprint density at radius 3 is 3.15 bits per heavy atom. The van der Waals surface area contributed by atoms with Crippen molar-refractivity contribution in [2.75, 3.05) is 0 Å². The fourth-order valence-electron chi connectivity index (χ4n) is 2.49. The first kappa shape index (κ1) is 12.8. The van der Waals surface area contributed by atoms with Gasteiger partial charge in [0.1, 0.15) is 11.6 Å². The molecule has 0 radical (unpaired) electrons. The summed E-state index contributed by atoms with van der Waals surface area (Å²) in [6.07, 6.45) is 5.39. The summed E-state index contributed by atoms with van der Waals surface area (Å²) in [5.74, 6) is 0.479. The molecular weight excluding hydrogens is 257 g/mol. The average molecular weight is 273 g/mol. The molecule has 1 aromatic carbocycles. The molecule has 5 heteroatoms. The summed E-state index contributed by atoms with van der Waals surface area (Å²) in [6, 6.07) is 4.63. The first-order valence-corrected chi connectivity index (χ1v) is 6.70. The van der Waals surface area contributed by atoms with Gasteiger partial charge in [0, 0.05) is 37.0 Å². The number of carbonyl (C=O) groups excluding carboxylic acids is 1. The first-order chi connectivity index (χ1) is 9.63. The summed E-state index contributed by atoms with van der Waals surface area (Å²) in [6.45, 7) is 2.40. The highest BCUT2D eigenvalue weighted by Crippen LogP contribution is 2.14. The lowest BCUT2D eigenvalue weighted by Gasteiger charge is -2.24. The van der Waals surface area contributed by atoms with Gasteiger partial charge in [-0.2, -0.15) is 0 Å². The van der Waals surface area contributed by atoms with Crippen molar-refractivity contribution in [3.05, 3.63) is 53.4 Å². The number of amides is 1. The normalized spacial score (nSPS) is 17.6. The van der Waals surface area contributed by atoms with Gasteiger partial charge >= 0.3 is 0 Å². The lowest BCUT2D eigenvalue weighted by molar-refractivity contribution is 0.0927. The van der Waals surface area contributed by atoms with Gasteiger partial charge in [0.05, 0.1) is 0 Å². The Bertz CT molecular complexity index is 650. The summed E-state index contributed by atoms with van der Waals surface area (Å²) in [7, 11) is 0. The molecule has 1 aliphatic rings. The second-order valence-electron chi connectivity index (χ2n) is 5.17. The number of nitrogens with one attached hydrogen (secondary N) is 1. The minimum absolute atomic E-state index is 0.0635. The molecular formula is C15H16FN3O. The molecule has 1 N–H and O–H groups in total. The van der Waals surface area contributed by atoms with Crippen molar-refractivity contribution in [1.82, 2.24) is 14.9 Å². The molecule has 2 heterocycles. The van der Waals surface area contributed by atoms with Gasteiger partial charge in [-0.25, -0.2) is 9.37 Å². The van der Waals surface area contributed by atoms with Crippen LogP contribution < -0.4 is 5.32 Å². The first-order valence-electron chi connectivity index (χ1n) is 6.70. The Balaban J connectivity index is 1.69. The van der Waals surface area contributed by atoms with Crippen LogP contribution in [0.2, 0.25) is 0 Å². The van der Waals surface area contributed by atoms with Crippen LogP contribution in [0.15, 0.2) is 30.6 Å². The maximum Gasteiger partial charge on any atom is 0.251 e. The number of imidazole rings is 1. The molecule has 4 nitrogen and oxygen atoms in total. The molecule has 0 saturated carbocycles. The van der Waals surface area contributed by atoms with Crippen molar-refractivity contribution >= 4 is 5.91 Å². The van der Waals surface area contributed by atoms with Gasteiger partial charge in [-0.3, -0.25) is 4.79 Å². The molecule has 104 valence electrons. The Morgan fingerprint density at radius 1 is 1.50 bits per heavy atom. The number of hydrogen-bond acceptors (Lipinski definition) is 2.